The van der Waals surface area contributed by atoms with Gasteiger partial charge in [-0.15, -0.1) is 0 Å². The van der Waals surface area contributed by atoms with Gasteiger partial charge in [-0.3, -0.25) is 0 Å². The second-order valence-corrected chi connectivity index (χ2v) is 4.04. The van der Waals surface area contributed by atoms with Gasteiger partial charge >= 0.3 is 12.6 Å². The van der Waals surface area contributed by atoms with Gasteiger partial charge in [0.1, 0.15) is 0 Å². The van der Waals surface area contributed by atoms with Gasteiger partial charge in [-0.05, 0) is 26.7 Å². The predicted octanol–water partition coefficient (Wildman–Crippen LogP) is 2.57. The van der Waals surface area contributed by atoms with Crippen LogP contribution in [0.1, 0.15) is 52.4 Å². The minimum atomic E-state index is -0.295. The van der Waals surface area contributed by atoms with Crippen LogP contribution in [0, 0.1) is 5.41 Å². The van der Waals surface area contributed by atoms with Crippen LogP contribution in [-0.4, -0.2) is 12.6 Å². The molecule has 0 aromatic heterocycles. The molecule has 0 heterocycles. The van der Waals surface area contributed by atoms with E-state index in [0.29, 0.717) is 6.42 Å². The molecule has 0 amide bonds. The SMILES string of the molecule is CC(C)([C+]=O)CCCCCC[C+]=O. The van der Waals surface area contributed by atoms with Gasteiger partial charge in [0.25, 0.3) is 0 Å². The predicted molar refractivity (Wildman–Crippen MR) is 52.9 cm³/mol. The molecule has 0 rings (SSSR count). The van der Waals surface area contributed by atoms with E-state index in [1.807, 2.05) is 26.4 Å². The number of carbonyl (C=O) groups excluding carboxylic acids is 2. The van der Waals surface area contributed by atoms with E-state index >= 15 is 0 Å². The molecule has 72 valence electrons. The molecule has 0 aliphatic heterocycles. The van der Waals surface area contributed by atoms with Crippen LogP contribution in [0.15, 0.2) is 0 Å². The maximum atomic E-state index is 10.4. The fourth-order valence-electron chi connectivity index (χ4n) is 1.17. The zero-order valence-electron chi connectivity index (χ0n) is 8.56. The second-order valence-electron chi connectivity index (χ2n) is 4.04. The summed E-state index contributed by atoms with van der Waals surface area (Å²) in [5, 5.41) is 0. The van der Waals surface area contributed by atoms with Gasteiger partial charge in [0.15, 0.2) is 0 Å². The van der Waals surface area contributed by atoms with Gasteiger partial charge in [0.05, 0.1) is 0 Å². The van der Waals surface area contributed by atoms with Crippen molar-refractivity contribution < 1.29 is 9.59 Å². The number of hydrogen-bond acceptors (Lipinski definition) is 2. The molecule has 0 spiro atoms. The van der Waals surface area contributed by atoms with Crippen molar-refractivity contribution in [1.82, 2.24) is 0 Å². The summed E-state index contributed by atoms with van der Waals surface area (Å²) in [5.74, 6) is 0. The van der Waals surface area contributed by atoms with Crippen molar-refractivity contribution >= 4 is 12.6 Å². The highest BCUT2D eigenvalue weighted by Crippen LogP contribution is 2.20. The van der Waals surface area contributed by atoms with Crippen molar-refractivity contribution in [2.75, 3.05) is 0 Å². The first-order chi connectivity index (χ1) is 6.12. The number of hydrogen-bond donors (Lipinski definition) is 0. The highest BCUT2D eigenvalue weighted by molar-refractivity contribution is 5.58. The van der Waals surface area contributed by atoms with E-state index in [4.69, 9.17) is 0 Å². The summed E-state index contributed by atoms with van der Waals surface area (Å²) in [6.45, 7) is 3.80. The summed E-state index contributed by atoms with van der Waals surface area (Å²) >= 11 is 0. The average Bonchev–Trinajstić information content (AvgIpc) is 2.11. The largest absolute Gasteiger partial charge is 0.512 e. The van der Waals surface area contributed by atoms with Gasteiger partial charge in [-0.25, -0.2) is 0 Å². The van der Waals surface area contributed by atoms with E-state index in [-0.39, 0.29) is 5.41 Å². The summed E-state index contributed by atoms with van der Waals surface area (Å²) in [5.41, 5.74) is -0.295. The fourth-order valence-corrected chi connectivity index (χ4v) is 1.17. The maximum Gasteiger partial charge on any atom is 0.512 e. The summed E-state index contributed by atoms with van der Waals surface area (Å²) in [6.07, 6.45) is 9.46. The second kappa shape index (κ2) is 6.65. The van der Waals surface area contributed by atoms with Crippen molar-refractivity contribution in [3.05, 3.63) is 0 Å². The Morgan fingerprint density at radius 3 is 2.15 bits per heavy atom. The molecule has 0 unspecified atom stereocenters. The molecule has 13 heavy (non-hydrogen) atoms. The Bertz CT molecular complexity index is 150. The topological polar surface area (TPSA) is 34.1 Å². The van der Waals surface area contributed by atoms with E-state index in [1.54, 1.807) is 0 Å². The van der Waals surface area contributed by atoms with E-state index in [1.165, 1.54) is 0 Å². The molecular formula is C11H18O2+2. The van der Waals surface area contributed by atoms with Gasteiger partial charge in [0.2, 0.25) is 11.8 Å². The van der Waals surface area contributed by atoms with Crippen molar-refractivity contribution in [3.8, 4) is 0 Å². The van der Waals surface area contributed by atoms with E-state index < -0.39 is 0 Å². The first-order valence-electron chi connectivity index (χ1n) is 4.87. The molecule has 0 N–H and O–H groups in total. The molecule has 0 fully saturated rings. The van der Waals surface area contributed by atoms with Crippen LogP contribution in [0.4, 0.5) is 0 Å². The lowest BCUT2D eigenvalue weighted by molar-refractivity contribution is 0.404. The molecular weight excluding hydrogens is 164 g/mol. The summed E-state index contributed by atoms with van der Waals surface area (Å²) < 4.78 is 0. The van der Waals surface area contributed by atoms with Crippen LogP contribution in [0.5, 0.6) is 0 Å². The van der Waals surface area contributed by atoms with Crippen LogP contribution in [-0.2, 0) is 9.59 Å². The normalized spacial score (nSPS) is 10.6. The number of rotatable bonds is 8. The summed E-state index contributed by atoms with van der Waals surface area (Å²) in [7, 11) is 0. The van der Waals surface area contributed by atoms with Gasteiger partial charge in [-0.2, -0.15) is 0 Å². The van der Waals surface area contributed by atoms with Crippen LogP contribution in [0.3, 0.4) is 0 Å². The monoisotopic (exact) mass is 182 g/mol. The molecule has 2 heteroatoms. The third-order valence-electron chi connectivity index (χ3n) is 2.11. The molecule has 0 aliphatic rings. The minimum Gasteiger partial charge on any atom is -0.0529 e. The molecule has 0 bridgehead atoms. The standard InChI is InChI=1S/C11H18O2/c1-11(2,10-13)8-6-4-3-5-7-9-12/h3-8H2,1-2H3/q+2. The molecule has 0 saturated carbocycles. The third-order valence-corrected chi connectivity index (χ3v) is 2.11. The number of unbranched alkanes of at least 4 members (excludes halogenated alkanes) is 4. The molecule has 0 aromatic carbocycles. The smallest absolute Gasteiger partial charge is 0.0529 e. The van der Waals surface area contributed by atoms with Crippen molar-refractivity contribution in [1.29, 1.82) is 0 Å². The van der Waals surface area contributed by atoms with E-state index in [2.05, 4.69) is 0 Å². The quantitative estimate of drug-likeness (QED) is 0.427. The highest BCUT2D eigenvalue weighted by atomic mass is 16.1. The van der Waals surface area contributed by atoms with Gasteiger partial charge in [-0.1, -0.05) is 6.42 Å². The lowest BCUT2D eigenvalue weighted by Crippen LogP contribution is -2.12. The van der Waals surface area contributed by atoms with Crippen molar-refractivity contribution in [2.24, 2.45) is 5.41 Å². The van der Waals surface area contributed by atoms with E-state index in [0.717, 1.165) is 32.1 Å². The van der Waals surface area contributed by atoms with Crippen LogP contribution in [0.2, 0.25) is 0 Å². The minimum absolute atomic E-state index is 0.295. The van der Waals surface area contributed by atoms with Crippen molar-refractivity contribution in [2.45, 2.75) is 52.4 Å². The van der Waals surface area contributed by atoms with Crippen molar-refractivity contribution in [3.63, 3.8) is 0 Å². The Morgan fingerprint density at radius 2 is 1.62 bits per heavy atom. The lowest BCUT2D eigenvalue weighted by atomic mass is 9.88. The van der Waals surface area contributed by atoms with Crippen LogP contribution < -0.4 is 0 Å². The zero-order chi connectivity index (χ0) is 10.2. The van der Waals surface area contributed by atoms with Crippen LogP contribution in [0.25, 0.3) is 0 Å². The highest BCUT2D eigenvalue weighted by Gasteiger charge is 2.31. The maximum absolute atomic E-state index is 10.4. The fraction of sp³-hybridized carbons (Fsp3) is 0.818. The average molecular weight is 182 g/mol. The first kappa shape index (κ1) is 12.2. The molecule has 0 saturated heterocycles. The molecule has 0 radical (unpaired) electrons. The summed E-state index contributed by atoms with van der Waals surface area (Å²) in [6, 6.07) is 0. The molecule has 2 nitrogen and oxygen atoms in total. The molecule has 0 atom stereocenters. The van der Waals surface area contributed by atoms with Crippen LogP contribution >= 0.6 is 0 Å². The Hall–Kier alpha value is -0.840. The molecule has 0 aromatic rings. The Labute approximate surface area is 80.7 Å². The van der Waals surface area contributed by atoms with Gasteiger partial charge in [0, 0.05) is 22.4 Å². The molecule has 0 aliphatic carbocycles. The Balaban J connectivity index is 3.25. The first-order valence-corrected chi connectivity index (χ1v) is 4.87. The third kappa shape index (κ3) is 7.52. The Morgan fingerprint density at radius 1 is 1.00 bits per heavy atom. The lowest BCUT2D eigenvalue weighted by Gasteiger charge is -2.03. The zero-order valence-corrected chi connectivity index (χ0v) is 8.56. The Kier molecular flexibility index (Phi) is 6.22. The van der Waals surface area contributed by atoms with E-state index in [9.17, 15) is 9.59 Å². The van der Waals surface area contributed by atoms with Gasteiger partial charge < -0.3 is 0 Å². The summed E-state index contributed by atoms with van der Waals surface area (Å²) in [4.78, 5) is 20.3.